The number of rotatable bonds is 3. The number of fused-ring (bicyclic) bond motifs is 1. The Bertz CT molecular complexity index is 762. The molecule has 1 saturated carbocycles. The van der Waals surface area contributed by atoms with Crippen LogP contribution >= 0.6 is 11.6 Å². The predicted octanol–water partition coefficient (Wildman–Crippen LogP) is 1.77. The minimum absolute atomic E-state index is 0.0326. The van der Waals surface area contributed by atoms with Crippen LogP contribution in [0.15, 0.2) is 29.3 Å². The van der Waals surface area contributed by atoms with Crippen LogP contribution in [-0.4, -0.2) is 26.0 Å². The SMILES string of the molecule is COC1(OC)N=C(N)[C@]2(C#N)[C@@H](c3ccccc3Cl)[C@@]12C#N. The van der Waals surface area contributed by atoms with Gasteiger partial charge in [0, 0.05) is 25.2 Å². The Morgan fingerprint density at radius 3 is 2.36 bits per heavy atom. The highest BCUT2D eigenvalue weighted by molar-refractivity contribution is 6.31. The number of aliphatic imine (C=N–C) groups is 1. The van der Waals surface area contributed by atoms with Gasteiger partial charge in [-0.05, 0) is 11.6 Å². The minimum Gasteiger partial charge on any atom is -0.386 e. The molecule has 2 aliphatic rings. The van der Waals surface area contributed by atoms with E-state index in [1.807, 2.05) is 0 Å². The Hall–Kier alpha value is -2.12. The van der Waals surface area contributed by atoms with E-state index in [0.717, 1.165) is 0 Å². The van der Waals surface area contributed by atoms with Gasteiger partial charge >= 0.3 is 0 Å². The van der Waals surface area contributed by atoms with Gasteiger partial charge in [-0.15, -0.1) is 0 Å². The Labute approximate surface area is 132 Å². The van der Waals surface area contributed by atoms with Crippen molar-refractivity contribution in [3.05, 3.63) is 34.9 Å². The van der Waals surface area contributed by atoms with E-state index in [2.05, 4.69) is 17.1 Å². The van der Waals surface area contributed by atoms with E-state index in [1.54, 1.807) is 24.3 Å². The summed E-state index contributed by atoms with van der Waals surface area (Å²) in [6.45, 7) is 0. The van der Waals surface area contributed by atoms with Crippen molar-refractivity contribution >= 4 is 17.4 Å². The second-order valence-electron chi connectivity index (χ2n) is 5.28. The number of nitriles is 2. The normalized spacial score (nSPS) is 34.2. The van der Waals surface area contributed by atoms with Crippen molar-refractivity contribution < 1.29 is 9.47 Å². The molecule has 1 aliphatic carbocycles. The molecule has 112 valence electrons. The fourth-order valence-electron chi connectivity index (χ4n) is 3.70. The summed E-state index contributed by atoms with van der Waals surface area (Å²) in [5.74, 6) is -2.16. The second-order valence-corrected chi connectivity index (χ2v) is 5.69. The van der Waals surface area contributed by atoms with E-state index in [9.17, 15) is 10.5 Å². The molecule has 1 heterocycles. The van der Waals surface area contributed by atoms with Gasteiger partial charge in [0.15, 0.2) is 5.41 Å². The van der Waals surface area contributed by atoms with Crippen LogP contribution in [0.4, 0.5) is 0 Å². The maximum Gasteiger partial charge on any atom is 0.292 e. The van der Waals surface area contributed by atoms with Crippen molar-refractivity contribution in [2.45, 2.75) is 11.8 Å². The lowest BCUT2D eigenvalue weighted by Crippen LogP contribution is -2.41. The largest absolute Gasteiger partial charge is 0.386 e. The van der Waals surface area contributed by atoms with Gasteiger partial charge in [0.25, 0.3) is 5.91 Å². The highest BCUT2D eigenvalue weighted by atomic mass is 35.5. The number of ether oxygens (including phenoxy) is 2. The first-order valence-electron chi connectivity index (χ1n) is 6.54. The first-order valence-corrected chi connectivity index (χ1v) is 6.92. The van der Waals surface area contributed by atoms with Crippen LogP contribution < -0.4 is 5.73 Å². The average molecular weight is 317 g/mol. The first-order chi connectivity index (χ1) is 10.5. The lowest BCUT2D eigenvalue weighted by atomic mass is 9.93. The molecule has 1 aromatic carbocycles. The van der Waals surface area contributed by atoms with Gasteiger partial charge in [-0.3, -0.25) is 0 Å². The number of nitrogens with two attached hydrogens (primary N) is 1. The molecule has 1 fully saturated rings. The first kappa shape index (κ1) is 14.8. The molecule has 0 saturated heterocycles. The van der Waals surface area contributed by atoms with Crippen molar-refractivity contribution in [3.63, 3.8) is 0 Å². The van der Waals surface area contributed by atoms with Crippen LogP contribution in [0.5, 0.6) is 0 Å². The summed E-state index contributed by atoms with van der Waals surface area (Å²) in [5, 5.41) is 20.1. The van der Waals surface area contributed by atoms with Gasteiger partial charge in [-0.2, -0.15) is 10.5 Å². The number of halogens is 1. The summed E-state index contributed by atoms with van der Waals surface area (Å²) in [4.78, 5) is 4.14. The van der Waals surface area contributed by atoms with E-state index in [0.29, 0.717) is 10.6 Å². The smallest absolute Gasteiger partial charge is 0.292 e. The lowest BCUT2D eigenvalue weighted by Gasteiger charge is -2.29. The summed E-state index contributed by atoms with van der Waals surface area (Å²) in [5.41, 5.74) is 3.99. The zero-order valence-corrected chi connectivity index (χ0v) is 12.8. The molecule has 0 unspecified atom stereocenters. The maximum absolute atomic E-state index is 9.87. The third-order valence-electron chi connectivity index (χ3n) is 4.70. The van der Waals surface area contributed by atoms with Gasteiger partial charge in [0.1, 0.15) is 11.3 Å². The molecule has 0 amide bonds. The van der Waals surface area contributed by atoms with Crippen LogP contribution in [0.2, 0.25) is 5.02 Å². The molecule has 2 N–H and O–H groups in total. The van der Waals surface area contributed by atoms with Crippen LogP contribution in [0.3, 0.4) is 0 Å². The van der Waals surface area contributed by atoms with Crippen molar-refractivity contribution in [1.82, 2.24) is 0 Å². The van der Waals surface area contributed by atoms with Gasteiger partial charge in [-0.25, -0.2) is 4.99 Å². The Kier molecular flexibility index (Phi) is 2.99. The number of amidine groups is 1. The quantitative estimate of drug-likeness (QED) is 0.856. The van der Waals surface area contributed by atoms with Crippen molar-refractivity contribution in [2.75, 3.05) is 14.2 Å². The Morgan fingerprint density at radius 2 is 1.86 bits per heavy atom. The summed E-state index contributed by atoms with van der Waals surface area (Å²) in [6.07, 6.45) is 0. The van der Waals surface area contributed by atoms with Crippen molar-refractivity contribution in [2.24, 2.45) is 21.6 Å². The fourth-order valence-corrected chi connectivity index (χ4v) is 3.94. The summed E-state index contributed by atoms with van der Waals surface area (Å²) < 4.78 is 10.8. The average Bonchev–Trinajstić information content (AvgIpc) is 3.10. The monoisotopic (exact) mass is 316 g/mol. The topological polar surface area (TPSA) is 104 Å². The number of nitrogens with zero attached hydrogens (tertiary/aromatic N) is 3. The second kappa shape index (κ2) is 4.44. The molecule has 0 aromatic heterocycles. The maximum atomic E-state index is 9.87. The molecule has 1 aromatic rings. The van der Waals surface area contributed by atoms with Crippen molar-refractivity contribution in [3.8, 4) is 12.1 Å². The zero-order valence-electron chi connectivity index (χ0n) is 12.0. The van der Waals surface area contributed by atoms with Crippen LogP contribution in [0.1, 0.15) is 11.5 Å². The van der Waals surface area contributed by atoms with E-state index in [4.69, 9.17) is 26.8 Å². The summed E-state index contributed by atoms with van der Waals surface area (Å²) in [6, 6.07) is 11.4. The van der Waals surface area contributed by atoms with E-state index in [-0.39, 0.29) is 5.84 Å². The number of hydrogen-bond acceptors (Lipinski definition) is 6. The van der Waals surface area contributed by atoms with E-state index in [1.165, 1.54) is 14.2 Å². The van der Waals surface area contributed by atoms with Gasteiger partial charge in [0.05, 0.1) is 12.1 Å². The summed E-state index contributed by atoms with van der Waals surface area (Å²) in [7, 11) is 2.74. The zero-order chi connectivity index (χ0) is 16.2. The highest BCUT2D eigenvalue weighted by Crippen LogP contribution is 2.82. The molecule has 6 nitrogen and oxygen atoms in total. The Balaban J connectivity index is 2.29. The third-order valence-corrected chi connectivity index (χ3v) is 5.04. The number of hydrogen-bond donors (Lipinski definition) is 1. The fraction of sp³-hybridized carbons (Fsp3) is 0.400. The van der Waals surface area contributed by atoms with Gasteiger partial charge in [0.2, 0.25) is 0 Å². The van der Waals surface area contributed by atoms with Crippen molar-refractivity contribution in [1.29, 1.82) is 10.5 Å². The minimum atomic E-state index is -1.62. The van der Waals surface area contributed by atoms with Gasteiger partial charge in [-0.1, -0.05) is 29.8 Å². The third kappa shape index (κ3) is 1.25. The number of methoxy groups -OCH3 is 2. The molecule has 1 aliphatic heterocycles. The van der Waals surface area contributed by atoms with Crippen LogP contribution in [0, 0.1) is 33.5 Å². The molecular formula is C15H13ClN4O2. The summed E-state index contributed by atoms with van der Waals surface area (Å²) >= 11 is 6.25. The van der Waals surface area contributed by atoms with Crippen LogP contribution in [0.25, 0.3) is 0 Å². The highest BCUT2D eigenvalue weighted by Gasteiger charge is 2.93. The van der Waals surface area contributed by atoms with E-state index >= 15 is 0 Å². The molecule has 3 atom stereocenters. The molecule has 3 rings (SSSR count). The van der Waals surface area contributed by atoms with E-state index < -0.39 is 22.7 Å². The molecule has 0 bridgehead atoms. The number of benzene rings is 1. The predicted molar refractivity (Wildman–Crippen MR) is 78.7 cm³/mol. The lowest BCUT2D eigenvalue weighted by molar-refractivity contribution is -0.230. The molecule has 0 spiro atoms. The molecule has 7 heteroatoms. The Morgan fingerprint density at radius 1 is 1.23 bits per heavy atom. The van der Waals surface area contributed by atoms with Gasteiger partial charge < -0.3 is 15.2 Å². The standard InChI is InChI=1S/C15H13ClN4O2/c1-21-15(22-2)14(8-18)11(9-5-3-4-6-10(9)16)13(14,7-17)12(19)20-15/h3-6,11H,1-2H3,(H2,19,20)/t11-,13+,14-/m1/s1. The molecule has 22 heavy (non-hydrogen) atoms. The van der Waals surface area contributed by atoms with Crippen LogP contribution in [-0.2, 0) is 9.47 Å². The molecule has 0 radical (unpaired) electrons. The molecular weight excluding hydrogens is 304 g/mol.